The number of amides is 1. The molecular formula is C20H31N7O2S. The number of rotatable bonds is 7. The quantitative estimate of drug-likeness (QED) is 0.513. The van der Waals surface area contributed by atoms with Crippen LogP contribution in [0.15, 0.2) is 22.5 Å². The van der Waals surface area contributed by atoms with Gasteiger partial charge >= 0.3 is 6.09 Å². The number of carbonyl (C=O) groups is 1. The van der Waals surface area contributed by atoms with E-state index in [0.29, 0.717) is 26.2 Å². The van der Waals surface area contributed by atoms with E-state index in [-0.39, 0.29) is 12.1 Å². The van der Waals surface area contributed by atoms with Crippen LogP contribution in [-0.4, -0.2) is 64.0 Å². The maximum absolute atomic E-state index is 11.9. The SMILES string of the molecule is CCOC(=O)N1CCC(NC(=NCc2nnc(C)n2C)NCCc2cccs2)CC1. The maximum atomic E-state index is 11.9. The Morgan fingerprint density at radius 3 is 2.80 bits per heavy atom. The molecule has 1 aliphatic rings. The van der Waals surface area contributed by atoms with Crippen molar-refractivity contribution in [2.75, 3.05) is 26.2 Å². The number of likely N-dealkylation sites (tertiary alicyclic amines) is 1. The highest BCUT2D eigenvalue weighted by Gasteiger charge is 2.24. The van der Waals surface area contributed by atoms with Gasteiger partial charge in [-0.1, -0.05) is 6.07 Å². The lowest BCUT2D eigenvalue weighted by Crippen LogP contribution is -2.50. The van der Waals surface area contributed by atoms with Crippen LogP contribution >= 0.6 is 11.3 Å². The number of carbonyl (C=O) groups excluding carboxylic acids is 1. The van der Waals surface area contributed by atoms with E-state index in [0.717, 1.165) is 43.4 Å². The molecule has 0 bridgehead atoms. The minimum absolute atomic E-state index is 0.225. The lowest BCUT2D eigenvalue weighted by molar-refractivity contribution is 0.0963. The van der Waals surface area contributed by atoms with E-state index in [1.54, 1.807) is 16.2 Å². The molecule has 0 atom stereocenters. The van der Waals surface area contributed by atoms with Gasteiger partial charge in [0.1, 0.15) is 12.4 Å². The van der Waals surface area contributed by atoms with Gasteiger partial charge in [0.25, 0.3) is 0 Å². The minimum atomic E-state index is -0.225. The van der Waals surface area contributed by atoms with E-state index in [9.17, 15) is 4.79 Å². The molecular weight excluding hydrogens is 402 g/mol. The molecule has 0 spiro atoms. The van der Waals surface area contributed by atoms with Crippen molar-refractivity contribution in [1.82, 2.24) is 30.3 Å². The largest absolute Gasteiger partial charge is 0.450 e. The normalized spacial score (nSPS) is 15.3. The molecule has 3 rings (SSSR count). The van der Waals surface area contributed by atoms with Gasteiger partial charge in [-0.05, 0) is 44.6 Å². The zero-order chi connectivity index (χ0) is 21.3. The van der Waals surface area contributed by atoms with Gasteiger partial charge in [0, 0.05) is 37.6 Å². The van der Waals surface area contributed by atoms with Gasteiger partial charge < -0.3 is 24.8 Å². The van der Waals surface area contributed by atoms with Crippen molar-refractivity contribution in [3.05, 3.63) is 34.0 Å². The summed E-state index contributed by atoms with van der Waals surface area (Å²) in [5, 5.41) is 17.4. The Balaban J connectivity index is 1.57. The van der Waals surface area contributed by atoms with Gasteiger partial charge in [-0.3, -0.25) is 0 Å². The van der Waals surface area contributed by atoms with Crippen molar-refractivity contribution in [3.8, 4) is 0 Å². The van der Waals surface area contributed by atoms with Crippen LogP contribution in [0.2, 0.25) is 0 Å². The molecule has 1 saturated heterocycles. The fourth-order valence-electron chi connectivity index (χ4n) is 3.26. The van der Waals surface area contributed by atoms with Crippen LogP contribution in [0.4, 0.5) is 4.79 Å². The summed E-state index contributed by atoms with van der Waals surface area (Å²) in [7, 11) is 1.95. The zero-order valence-corrected chi connectivity index (χ0v) is 18.7. The lowest BCUT2D eigenvalue weighted by atomic mass is 10.1. The number of aliphatic imine (C=N–C) groups is 1. The standard InChI is InChI=1S/C20H31N7O2S/c1-4-29-20(28)27-11-8-16(9-12-27)23-19(21-10-7-17-6-5-13-30-17)22-14-18-25-24-15(2)26(18)3/h5-6,13,16H,4,7-12,14H2,1-3H3,(H2,21,22,23). The van der Waals surface area contributed by atoms with E-state index < -0.39 is 0 Å². The first-order chi connectivity index (χ1) is 14.6. The molecule has 2 aromatic heterocycles. The zero-order valence-electron chi connectivity index (χ0n) is 17.9. The average molecular weight is 434 g/mol. The van der Waals surface area contributed by atoms with Gasteiger partial charge in [-0.25, -0.2) is 9.79 Å². The van der Waals surface area contributed by atoms with Crippen molar-refractivity contribution in [1.29, 1.82) is 0 Å². The number of nitrogens with zero attached hydrogens (tertiary/aromatic N) is 5. The summed E-state index contributed by atoms with van der Waals surface area (Å²) in [4.78, 5) is 19.8. The van der Waals surface area contributed by atoms with Crippen LogP contribution in [0.3, 0.4) is 0 Å². The maximum Gasteiger partial charge on any atom is 0.409 e. The predicted molar refractivity (Wildman–Crippen MR) is 118 cm³/mol. The first-order valence-electron chi connectivity index (χ1n) is 10.4. The number of aryl methyl sites for hydroxylation is 1. The molecule has 3 heterocycles. The number of nitrogens with one attached hydrogen (secondary N) is 2. The smallest absolute Gasteiger partial charge is 0.409 e. The number of hydrogen-bond acceptors (Lipinski definition) is 6. The summed E-state index contributed by atoms with van der Waals surface area (Å²) >= 11 is 1.76. The number of ether oxygens (including phenoxy) is 1. The third-order valence-corrected chi connectivity index (χ3v) is 6.10. The summed E-state index contributed by atoms with van der Waals surface area (Å²) in [6, 6.07) is 4.47. The predicted octanol–water partition coefficient (Wildman–Crippen LogP) is 2.08. The molecule has 0 radical (unpaired) electrons. The van der Waals surface area contributed by atoms with Gasteiger partial charge in [0.2, 0.25) is 0 Å². The molecule has 164 valence electrons. The first-order valence-corrected chi connectivity index (χ1v) is 11.3. The van der Waals surface area contributed by atoms with Crippen molar-refractivity contribution >= 4 is 23.4 Å². The highest BCUT2D eigenvalue weighted by atomic mass is 32.1. The van der Waals surface area contributed by atoms with E-state index in [1.807, 2.05) is 25.5 Å². The van der Waals surface area contributed by atoms with E-state index in [2.05, 4.69) is 38.3 Å². The summed E-state index contributed by atoms with van der Waals surface area (Å²) < 4.78 is 7.05. The second-order valence-corrected chi connectivity index (χ2v) is 8.28. The molecule has 1 aliphatic heterocycles. The van der Waals surface area contributed by atoms with Crippen LogP contribution in [0.25, 0.3) is 0 Å². The molecule has 1 fully saturated rings. The second kappa shape index (κ2) is 11.0. The van der Waals surface area contributed by atoms with Crippen molar-refractivity contribution in [3.63, 3.8) is 0 Å². The molecule has 0 saturated carbocycles. The van der Waals surface area contributed by atoms with Crippen molar-refractivity contribution in [2.24, 2.45) is 12.0 Å². The van der Waals surface area contributed by atoms with Gasteiger partial charge in [0.15, 0.2) is 11.8 Å². The Labute approximate surface area is 181 Å². The third-order valence-electron chi connectivity index (χ3n) is 5.17. The molecule has 0 unspecified atom stereocenters. The van der Waals surface area contributed by atoms with Crippen LogP contribution in [0, 0.1) is 6.92 Å². The number of piperidine rings is 1. The van der Waals surface area contributed by atoms with E-state index >= 15 is 0 Å². The van der Waals surface area contributed by atoms with Crippen molar-refractivity contribution < 1.29 is 9.53 Å². The van der Waals surface area contributed by atoms with E-state index in [1.165, 1.54) is 4.88 Å². The number of thiophene rings is 1. The summed E-state index contributed by atoms with van der Waals surface area (Å²) in [5.74, 6) is 2.46. The summed E-state index contributed by atoms with van der Waals surface area (Å²) in [6.07, 6.45) is 2.43. The van der Waals surface area contributed by atoms with Crippen LogP contribution in [0.5, 0.6) is 0 Å². The number of aromatic nitrogens is 3. The molecule has 1 amide bonds. The third kappa shape index (κ3) is 6.19. The van der Waals surface area contributed by atoms with Crippen LogP contribution < -0.4 is 10.6 Å². The highest BCUT2D eigenvalue weighted by molar-refractivity contribution is 7.09. The Morgan fingerprint density at radius 1 is 1.37 bits per heavy atom. The summed E-state index contributed by atoms with van der Waals surface area (Å²) in [5.41, 5.74) is 0. The Bertz CT molecular complexity index is 826. The van der Waals surface area contributed by atoms with Gasteiger partial charge in [0.05, 0.1) is 6.61 Å². The molecule has 0 aliphatic carbocycles. The number of hydrogen-bond donors (Lipinski definition) is 2. The Morgan fingerprint density at radius 2 is 2.17 bits per heavy atom. The average Bonchev–Trinajstić information content (AvgIpc) is 3.37. The highest BCUT2D eigenvalue weighted by Crippen LogP contribution is 2.12. The Kier molecular flexibility index (Phi) is 8.06. The lowest BCUT2D eigenvalue weighted by Gasteiger charge is -2.32. The topological polar surface area (TPSA) is 96.7 Å². The monoisotopic (exact) mass is 433 g/mol. The fraction of sp³-hybridized carbons (Fsp3) is 0.600. The molecule has 30 heavy (non-hydrogen) atoms. The van der Waals surface area contributed by atoms with Gasteiger partial charge in [-0.2, -0.15) is 0 Å². The van der Waals surface area contributed by atoms with Crippen LogP contribution in [0.1, 0.15) is 36.3 Å². The van der Waals surface area contributed by atoms with Crippen LogP contribution in [-0.2, 0) is 24.8 Å². The number of guanidine groups is 1. The fourth-order valence-corrected chi connectivity index (χ4v) is 3.97. The minimum Gasteiger partial charge on any atom is -0.450 e. The molecule has 10 heteroatoms. The molecule has 9 nitrogen and oxygen atoms in total. The molecule has 0 aromatic carbocycles. The van der Waals surface area contributed by atoms with Crippen molar-refractivity contribution in [2.45, 2.75) is 45.7 Å². The van der Waals surface area contributed by atoms with Gasteiger partial charge in [-0.15, -0.1) is 21.5 Å². The molecule has 2 aromatic rings. The summed E-state index contributed by atoms with van der Waals surface area (Å²) in [6.45, 7) is 6.77. The Hall–Kier alpha value is -2.62. The van der Waals surface area contributed by atoms with E-state index in [4.69, 9.17) is 9.73 Å². The first kappa shape index (κ1) is 22.1. The molecule has 2 N–H and O–H groups in total. The second-order valence-electron chi connectivity index (χ2n) is 7.25.